The Bertz CT molecular complexity index is 560. The highest BCUT2D eigenvalue weighted by molar-refractivity contribution is 6.62. The molecule has 2 heterocycles. The van der Waals surface area contributed by atoms with Crippen molar-refractivity contribution >= 4 is 12.6 Å². The predicted octanol–water partition coefficient (Wildman–Crippen LogP) is 1.98. The number of allylic oxidation sites excluding steroid dienone is 1. The van der Waals surface area contributed by atoms with Crippen LogP contribution in [-0.2, 0) is 15.7 Å². The van der Waals surface area contributed by atoms with Crippen molar-refractivity contribution in [1.82, 2.24) is 4.98 Å². The summed E-state index contributed by atoms with van der Waals surface area (Å²) in [5, 5.41) is 9.06. The van der Waals surface area contributed by atoms with Gasteiger partial charge in [0.25, 0.3) is 0 Å². The van der Waals surface area contributed by atoms with Gasteiger partial charge in [-0.25, -0.2) is 4.98 Å². The Balaban J connectivity index is 2.34. The first-order valence-corrected chi connectivity index (χ1v) is 6.66. The van der Waals surface area contributed by atoms with Crippen LogP contribution in [0.2, 0.25) is 0 Å². The first kappa shape index (κ1) is 14.8. The highest BCUT2D eigenvalue weighted by Crippen LogP contribution is 2.36. The van der Waals surface area contributed by atoms with E-state index in [1.807, 2.05) is 33.8 Å². The third kappa shape index (κ3) is 2.49. The SMILES string of the molecule is C=CCc1cc(B2OC(C)(C)C(C)(C)O2)cnc1C#N. The van der Waals surface area contributed by atoms with Crippen LogP contribution in [0.3, 0.4) is 0 Å². The van der Waals surface area contributed by atoms with E-state index in [0.29, 0.717) is 12.1 Å². The molecule has 1 fully saturated rings. The molecule has 1 aromatic heterocycles. The Kier molecular flexibility index (Phi) is 3.72. The molecule has 2 rings (SSSR count). The molecule has 1 saturated heterocycles. The van der Waals surface area contributed by atoms with Gasteiger partial charge in [-0.05, 0) is 39.7 Å². The van der Waals surface area contributed by atoms with Crippen molar-refractivity contribution in [2.45, 2.75) is 45.3 Å². The van der Waals surface area contributed by atoms with Crippen molar-refractivity contribution in [2.24, 2.45) is 0 Å². The lowest BCUT2D eigenvalue weighted by Gasteiger charge is -2.32. The molecule has 1 aliphatic heterocycles. The van der Waals surface area contributed by atoms with E-state index in [2.05, 4.69) is 17.6 Å². The standard InChI is InChI=1S/C15H19BN2O2/c1-6-7-11-8-12(10-18-13(11)9-17)16-19-14(2,3)15(4,5)20-16/h6,8,10H,1,7H2,2-5H3. The van der Waals surface area contributed by atoms with Crippen LogP contribution in [0.5, 0.6) is 0 Å². The second kappa shape index (κ2) is 5.04. The molecular weight excluding hydrogens is 251 g/mol. The minimum atomic E-state index is -0.455. The van der Waals surface area contributed by atoms with E-state index in [1.165, 1.54) is 0 Å². The molecule has 1 aliphatic rings. The zero-order chi connectivity index (χ0) is 15.0. The summed E-state index contributed by atoms with van der Waals surface area (Å²) in [5.74, 6) is 0. The summed E-state index contributed by atoms with van der Waals surface area (Å²) in [4.78, 5) is 4.19. The van der Waals surface area contributed by atoms with E-state index in [1.54, 1.807) is 12.3 Å². The zero-order valence-electron chi connectivity index (χ0n) is 12.4. The van der Waals surface area contributed by atoms with Crippen molar-refractivity contribution in [1.29, 1.82) is 5.26 Å². The first-order valence-electron chi connectivity index (χ1n) is 6.66. The minimum absolute atomic E-state index is 0.385. The van der Waals surface area contributed by atoms with Gasteiger partial charge >= 0.3 is 7.12 Å². The van der Waals surface area contributed by atoms with E-state index in [-0.39, 0.29) is 11.2 Å². The molecule has 1 aromatic rings. The Morgan fingerprint density at radius 2 is 1.95 bits per heavy atom. The van der Waals surface area contributed by atoms with Crippen LogP contribution < -0.4 is 5.46 Å². The molecule has 0 aromatic carbocycles. The summed E-state index contributed by atoms with van der Waals surface area (Å²) in [6.07, 6.45) is 4.00. The molecule has 0 N–H and O–H groups in total. The van der Waals surface area contributed by atoms with Gasteiger partial charge in [0.15, 0.2) is 0 Å². The average molecular weight is 270 g/mol. The molecule has 0 bridgehead atoms. The Morgan fingerprint density at radius 3 is 2.45 bits per heavy atom. The van der Waals surface area contributed by atoms with Gasteiger partial charge in [-0.3, -0.25) is 0 Å². The molecule has 20 heavy (non-hydrogen) atoms. The second-order valence-corrected chi connectivity index (χ2v) is 5.97. The van der Waals surface area contributed by atoms with Crippen molar-refractivity contribution in [3.05, 3.63) is 36.2 Å². The molecular formula is C15H19BN2O2. The molecule has 0 amide bonds. The molecule has 0 radical (unpaired) electrons. The summed E-state index contributed by atoms with van der Waals surface area (Å²) < 4.78 is 12.0. The molecule has 0 saturated carbocycles. The molecule has 0 aliphatic carbocycles. The fourth-order valence-corrected chi connectivity index (χ4v) is 2.05. The fraction of sp³-hybridized carbons (Fsp3) is 0.467. The van der Waals surface area contributed by atoms with Gasteiger partial charge in [0.1, 0.15) is 11.8 Å². The average Bonchev–Trinajstić information content (AvgIpc) is 2.59. The van der Waals surface area contributed by atoms with Gasteiger partial charge in [-0.15, -0.1) is 6.58 Å². The van der Waals surface area contributed by atoms with Gasteiger partial charge in [-0.2, -0.15) is 5.26 Å². The van der Waals surface area contributed by atoms with E-state index in [0.717, 1.165) is 11.0 Å². The quantitative estimate of drug-likeness (QED) is 0.622. The van der Waals surface area contributed by atoms with Crippen LogP contribution >= 0.6 is 0 Å². The number of rotatable bonds is 3. The number of pyridine rings is 1. The number of nitrogens with zero attached hydrogens (tertiary/aromatic N) is 2. The summed E-state index contributed by atoms with van der Waals surface area (Å²) in [6.45, 7) is 11.7. The predicted molar refractivity (Wildman–Crippen MR) is 78.6 cm³/mol. The minimum Gasteiger partial charge on any atom is -0.399 e. The number of hydrogen-bond donors (Lipinski definition) is 0. The summed E-state index contributed by atoms with van der Waals surface area (Å²) >= 11 is 0. The number of hydrogen-bond acceptors (Lipinski definition) is 4. The molecule has 0 unspecified atom stereocenters. The maximum absolute atomic E-state index is 9.06. The summed E-state index contributed by atoms with van der Waals surface area (Å²) in [7, 11) is -0.455. The van der Waals surface area contributed by atoms with Crippen LogP contribution in [-0.4, -0.2) is 23.3 Å². The molecule has 5 heteroatoms. The maximum Gasteiger partial charge on any atom is 0.496 e. The van der Waals surface area contributed by atoms with E-state index in [9.17, 15) is 0 Å². The van der Waals surface area contributed by atoms with Crippen LogP contribution in [0, 0.1) is 11.3 Å². The van der Waals surface area contributed by atoms with Crippen LogP contribution in [0.1, 0.15) is 39.0 Å². The normalized spacial score (nSPS) is 19.6. The monoisotopic (exact) mass is 270 g/mol. The Hall–Kier alpha value is -1.64. The highest BCUT2D eigenvalue weighted by atomic mass is 16.7. The molecule has 104 valence electrons. The van der Waals surface area contributed by atoms with Gasteiger partial charge < -0.3 is 9.31 Å². The Morgan fingerprint density at radius 1 is 1.35 bits per heavy atom. The van der Waals surface area contributed by atoms with Gasteiger partial charge in [0, 0.05) is 11.7 Å². The number of aromatic nitrogens is 1. The molecule has 0 atom stereocenters. The van der Waals surface area contributed by atoms with Crippen LogP contribution in [0.15, 0.2) is 24.9 Å². The fourth-order valence-electron chi connectivity index (χ4n) is 2.05. The largest absolute Gasteiger partial charge is 0.496 e. The summed E-state index contributed by atoms with van der Waals surface area (Å²) in [5.41, 5.74) is 1.33. The first-order chi connectivity index (χ1) is 9.30. The lowest BCUT2D eigenvalue weighted by molar-refractivity contribution is 0.00578. The lowest BCUT2D eigenvalue weighted by atomic mass is 9.79. The topological polar surface area (TPSA) is 55.1 Å². The van der Waals surface area contributed by atoms with Gasteiger partial charge in [-0.1, -0.05) is 12.1 Å². The molecule has 0 spiro atoms. The third-order valence-corrected chi connectivity index (χ3v) is 3.98. The van der Waals surface area contributed by atoms with Gasteiger partial charge in [0.2, 0.25) is 0 Å². The van der Waals surface area contributed by atoms with Crippen LogP contribution in [0.4, 0.5) is 0 Å². The van der Waals surface area contributed by atoms with Crippen LogP contribution in [0.25, 0.3) is 0 Å². The smallest absolute Gasteiger partial charge is 0.399 e. The van der Waals surface area contributed by atoms with Crippen molar-refractivity contribution in [2.75, 3.05) is 0 Å². The second-order valence-electron chi connectivity index (χ2n) is 5.97. The maximum atomic E-state index is 9.06. The van der Waals surface area contributed by atoms with E-state index < -0.39 is 7.12 Å². The third-order valence-electron chi connectivity index (χ3n) is 3.98. The number of nitriles is 1. The van der Waals surface area contributed by atoms with Crippen molar-refractivity contribution < 1.29 is 9.31 Å². The van der Waals surface area contributed by atoms with E-state index >= 15 is 0 Å². The zero-order valence-corrected chi connectivity index (χ0v) is 12.4. The van der Waals surface area contributed by atoms with E-state index in [4.69, 9.17) is 14.6 Å². The highest BCUT2D eigenvalue weighted by Gasteiger charge is 2.51. The van der Waals surface area contributed by atoms with Gasteiger partial charge in [0.05, 0.1) is 11.2 Å². The van der Waals surface area contributed by atoms with Crippen molar-refractivity contribution in [3.8, 4) is 6.07 Å². The molecule has 4 nitrogen and oxygen atoms in total. The van der Waals surface area contributed by atoms with Crippen molar-refractivity contribution in [3.63, 3.8) is 0 Å². The lowest BCUT2D eigenvalue weighted by Crippen LogP contribution is -2.41. The Labute approximate surface area is 120 Å². The summed E-state index contributed by atoms with van der Waals surface area (Å²) in [6, 6.07) is 4.00.